The van der Waals surface area contributed by atoms with Crippen molar-refractivity contribution in [1.82, 2.24) is 19.8 Å². The van der Waals surface area contributed by atoms with Crippen LogP contribution in [0.3, 0.4) is 0 Å². The predicted octanol–water partition coefficient (Wildman–Crippen LogP) is 3.58. The third-order valence-corrected chi connectivity index (χ3v) is 7.77. The van der Waals surface area contributed by atoms with Gasteiger partial charge >= 0.3 is 0 Å². The first-order chi connectivity index (χ1) is 15.6. The number of amides is 1. The molecule has 3 heterocycles. The van der Waals surface area contributed by atoms with Gasteiger partial charge in [-0.25, -0.2) is 4.98 Å². The number of hydrogen-bond acceptors (Lipinski definition) is 4. The number of nitrogens with zero attached hydrogens (tertiary/aromatic N) is 3. The van der Waals surface area contributed by atoms with Crippen molar-refractivity contribution < 1.29 is 4.79 Å². The summed E-state index contributed by atoms with van der Waals surface area (Å²) in [5.74, 6) is 0.865. The summed E-state index contributed by atoms with van der Waals surface area (Å²) in [6.45, 7) is 5.08. The molecule has 2 atom stereocenters. The molecule has 1 N–H and O–H groups in total. The molecule has 0 bridgehead atoms. The third-order valence-electron chi connectivity index (χ3n) is 7.77. The second kappa shape index (κ2) is 9.18. The number of aromatic amines is 1. The molecule has 3 aliphatic rings. The Morgan fingerprint density at radius 3 is 2.66 bits per heavy atom. The van der Waals surface area contributed by atoms with Gasteiger partial charge in [-0.05, 0) is 38.2 Å². The van der Waals surface area contributed by atoms with E-state index in [-0.39, 0.29) is 23.3 Å². The van der Waals surface area contributed by atoms with E-state index in [1.165, 1.54) is 32.1 Å². The van der Waals surface area contributed by atoms with E-state index in [0.717, 1.165) is 55.1 Å². The zero-order valence-corrected chi connectivity index (χ0v) is 19.1. The van der Waals surface area contributed by atoms with Crippen LogP contribution in [0.15, 0.2) is 35.1 Å². The summed E-state index contributed by atoms with van der Waals surface area (Å²) in [5, 5.41) is 0. The van der Waals surface area contributed by atoms with E-state index >= 15 is 0 Å². The van der Waals surface area contributed by atoms with Crippen LogP contribution >= 0.6 is 0 Å². The van der Waals surface area contributed by atoms with Gasteiger partial charge in [-0.3, -0.25) is 14.5 Å². The van der Waals surface area contributed by atoms with Crippen LogP contribution in [0, 0.1) is 0 Å². The maximum atomic E-state index is 13.1. The van der Waals surface area contributed by atoms with Gasteiger partial charge in [0.1, 0.15) is 5.82 Å². The standard InChI is InChI=1S/C26H34N4O2/c1-18(19-8-4-2-5-9-19)26(32)30-14-12-20(16-30)24-27-23-17-29(21-10-6-3-7-11-21)15-13-22(23)25(31)28-24/h2,4-5,8-9,18,20-21H,3,6-7,10-17H2,1H3,(H,27,28,31). The molecule has 1 aromatic carbocycles. The number of hydrogen-bond donors (Lipinski definition) is 1. The molecule has 2 aliphatic heterocycles. The second-order valence-electron chi connectivity index (χ2n) is 9.79. The summed E-state index contributed by atoms with van der Waals surface area (Å²) in [5.41, 5.74) is 2.90. The van der Waals surface area contributed by atoms with Crippen LogP contribution in [0.1, 0.15) is 79.9 Å². The Morgan fingerprint density at radius 1 is 1.09 bits per heavy atom. The first-order valence-corrected chi connectivity index (χ1v) is 12.3. The van der Waals surface area contributed by atoms with Crippen LogP contribution in [-0.2, 0) is 17.8 Å². The molecule has 1 aromatic heterocycles. The number of aromatic nitrogens is 2. The molecule has 2 unspecified atom stereocenters. The number of fused-ring (bicyclic) bond motifs is 1. The topological polar surface area (TPSA) is 69.3 Å². The lowest BCUT2D eigenvalue weighted by Gasteiger charge is -2.37. The highest BCUT2D eigenvalue weighted by Gasteiger charge is 2.33. The van der Waals surface area contributed by atoms with Crippen molar-refractivity contribution in [2.24, 2.45) is 0 Å². The number of H-pyrrole nitrogens is 1. The van der Waals surface area contributed by atoms with Gasteiger partial charge in [0.2, 0.25) is 5.91 Å². The van der Waals surface area contributed by atoms with Gasteiger partial charge in [0.05, 0.1) is 11.6 Å². The lowest BCUT2D eigenvalue weighted by molar-refractivity contribution is -0.131. The number of likely N-dealkylation sites (tertiary alicyclic amines) is 1. The average Bonchev–Trinajstić information content (AvgIpc) is 3.34. The number of rotatable bonds is 4. The molecule has 2 fully saturated rings. The van der Waals surface area contributed by atoms with E-state index in [1.807, 2.05) is 42.2 Å². The van der Waals surface area contributed by atoms with E-state index in [4.69, 9.17) is 4.98 Å². The van der Waals surface area contributed by atoms with Crippen LogP contribution in [0.2, 0.25) is 0 Å². The van der Waals surface area contributed by atoms with Gasteiger partial charge in [-0.15, -0.1) is 0 Å². The molecule has 2 aromatic rings. The first kappa shape index (κ1) is 21.4. The zero-order chi connectivity index (χ0) is 22.1. The number of benzene rings is 1. The zero-order valence-electron chi connectivity index (χ0n) is 19.1. The summed E-state index contributed by atoms with van der Waals surface area (Å²) >= 11 is 0. The summed E-state index contributed by atoms with van der Waals surface area (Å²) in [6.07, 6.45) is 8.16. The quantitative estimate of drug-likeness (QED) is 0.799. The fraction of sp³-hybridized carbons (Fsp3) is 0.577. The van der Waals surface area contributed by atoms with Crippen molar-refractivity contribution in [3.63, 3.8) is 0 Å². The number of carbonyl (C=O) groups is 1. The Kier molecular flexibility index (Phi) is 6.13. The van der Waals surface area contributed by atoms with Gasteiger partial charge < -0.3 is 9.88 Å². The summed E-state index contributed by atoms with van der Waals surface area (Å²) in [4.78, 5) is 38.4. The SMILES string of the molecule is CC(C(=O)N1CCC(c2nc3c(c(=O)[nH]2)CCN(C2CCCCC2)C3)C1)c1ccccc1. The van der Waals surface area contributed by atoms with Crippen LogP contribution < -0.4 is 5.56 Å². The van der Waals surface area contributed by atoms with E-state index < -0.39 is 0 Å². The van der Waals surface area contributed by atoms with E-state index in [9.17, 15) is 9.59 Å². The van der Waals surface area contributed by atoms with Gasteiger partial charge in [-0.1, -0.05) is 49.6 Å². The van der Waals surface area contributed by atoms with Crippen LogP contribution in [0.5, 0.6) is 0 Å². The van der Waals surface area contributed by atoms with Crippen molar-refractivity contribution in [2.45, 2.75) is 76.3 Å². The van der Waals surface area contributed by atoms with Gasteiger partial charge in [-0.2, -0.15) is 0 Å². The van der Waals surface area contributed by atoms with E-state index in [1.54, 1.807) is 0 Å². The minimum atomic E-state index is -0.158. The summed E-state index contributed by atoms with van der Waals surface area (Å²) < 4.78 is 0. The van der Waals surface area contributed by atoms with Crippen molar-refractivity contribution in [2.75, 3.05) is 19.6 Å². The van der Waals surface area contributed by atoms with Gasteiger partial charge in [0.15, 0.2) is 0 Å². The van der Waals surface area contributed by atoms with Crippen LogP contribution in [-0.4, -0.2) is 51.4 Å². The Hall–Kier alpha value is -2.47. The lowest BCUT2D eigenvalue weighted by Crippen LogP contribution is -2.42. The van der Waals surface area contributed by atoms with Crippen molar-refractivity contribution in [1.29, 1.82) is 0 Å². The predicted molar refractivity (Wildman–Crippen MR) is 125 cm³/mol. The molecule has 5 rings (SSSR count). The molecule has 6 nitrogen and oxygen atoms in total. The van der Waals surface area contributed by atoms with Gasteiger partial charge in [0.25, 0.3) is 5.56 Å². The number of nitrogens with one attached hydrogen (secondary N) is 1. The third kappa shape index (κ3) is 4.25. The monoisotopic (exact) mass is 434 g/mol. The molecule has 0 spiro atoms. The molecule has 6 heteroatoms. The normalized spacial score (nSPS) is 23.2. The molecule has 1 aliphatic carbocycles. The molecular weight excluding hydrogens is 400 g/mol. The Bertz CT molecular complexity index is 1010. The first-order valence-electron chi connectivity index (χ1n) is 12.3. The van der Waals surface area contributed by atoms with Crippen LogP contribution in [0.4, 0.5) is 0 Å². The minimum absolute atomic E-state index is 0.0238. The maximum absolute atomic E-state index is 13.1. The Labute approximate surface area is 190 Å². The highest BCUT2D eigenvalue weighted by molar-refractivity contribution is 5.83. The Morgan fingerprint density at radius 2 is 1.88 bits per heavy atom. The number of carbonyl (C=O) groups excluding carboxylic acids is 1. The Balaban J connectivity index is 1.29. The van der Waals surface area contributed by atoms with Crippen molar-refractivity contribution >= 4 is 5.91 Å². The molecule has 0 radical (unpaired) electrons. The molecule has 1 amide bonds. The smallest absolute Gasteiger partial charge is 0.254 e. The molecule has 32 heavy (non-hydrogen) atoms. The fourth-order valence-electron chi connectivity index (χ4n) is 5.77. The fourth-order valence-corrected chi connectivity index (χ4v) is 5.77. The highest BCUT2D eigenvalue weighted by atomic mass is 16.2. The summed E-state index contributed by atoms with van der Waals surface area (Å²) in [6, 6.07) is 10.6. The molecular formula is C26H34N4O2. The average molecular weight is 435 g/mol. The second-order valence-corrected chi connectivity index (χ2v) is 9.79. The largest absolute Gasteiger partial charge is 0.341 e. The summed E-state index contributed by atoms with van der Waals surface area (Å²) in [7, 11) is 0. The van der Waals surface area contributed by atoms with Crippen molar-refractivity contribution in [3.05, 3.63) is 63.3 Å². The lowest BCUT2D eigenvalue weighted by atomic mass is 9.92. The van der Waals surface area contributed by atoms with Crippen LogP contribution in [0.25, 0.3) is 0 Å². The van der Waals surface area contributed by atoms with Gasteiger partial charge in [0, 0.05) is 43.7 Å². The van der Waals surface area contributed by atoms with E-state index in [0.29, 0.717) is 12.6 Å². The molecule has 170 valence electrons. The maximum Gasteiger partial charge on any atom is 0.254 e. The highest BCUT2D eigenvalue weighted by Crippen LogP contribution is 2.30. The molecule has 1 saturated heterocycles. The van der Waals surface area contributed by atoms with E-state index in [2.05, 4.69) is 9.88 Å². The minimum Gasteiger partial charge on any atom is -0.341 e. The molecule has 1 saturated carbocycles. The van der Waals surface area contributed by atoms with Crippen molar-refractivity contribution in [3.8, 4) is 0 Å².